The summed E-state index contributed by atoms with van der Waals surface area (Å²) in [6.45, 7) is 0. The van der Waals surface area contributed by atoms with Crippen LogP contribution < -0.4 is 11.1 Å². The molecule has 0 amide bonds. The molecule has 64 valence electrons. The molecule has 0 spiro atoms. The topological polar surface area (TPSA) is 102 Å². The van der Waals surface area contributed by atoms with Crippen LogP contribution in [0, 0.1) is 22.7 Å². The molecule has 0 aliphatic rings. The lowest BCUT2D eigenvalue weighted by molar-refractivity contribution is 0.800. The van der Waals surface area contributed by atoms with Crippen molar-refractivity contribution in [3.63, 3.8) is 0 Å². The van der Waals surface area contributed by atoms with Gasteiger partial charge in [0.2, 0.25) is 0 Å². The Labute approximate surface area is 72.3 Å². The molecule has 1 N–H and O–H groups in total. The van der Waals surface area contributed by atoms with E-state index in [1.807, 2.05) is 4.98 Å². The number of nitrogens with zero attached hydrogens (tertiary/aromatic N) is 3. The van der Waals surface area contributed by atoms with Crippen LogP contribution in [0.1, 0.15) is 11.4 Å². The molecule has 0 aromatic carbocycles. The first kappa shape index (κ1) is 8.75. The van der Waals surface area contributed by atoms with Crippen LogP contribution in [0.15, 0.2) is 9.59 Å². The highest BCUT2D eigenvalue weighted by molar-refractivity contribution is 5.35. The molecule has 0 bridgehead atoms. The molecule has 6 heteroatoms. The van der Waals surface area contributed by atoms with Crippen LogP contribution >= 0.6 is 0 Å². The van der Waals surface area contributed by atoms with E-state index in [-0.39, 0.29) is 11.4 Å². The Morgan fingerprint density at radius 3 is 2.38 bits per heavy atom. The van der Waals surface area contributed by atoms with Crippen molar-refractivity contribution in [2.45, 2.75) is 0 Å². The zero-order valence-corrected chi connectivity index (χ0v) is 6.66. The number of aromatic amines is 1. The zero-order valence-electron chi connectivity index (χ0n) is 6.66. The highest BCUT2D eigenvalue weighted by Crippen LogP contribution is 1.95. The van der Waals surface area contributed by atoms with Gasteiger partial charge in [0, 0.05) is 7.05 Å². The molecule has 6 nitrogen and oxygen atoms in total. The number of hydrogen-bond donors (Lipinski definition) is 1. The summed E-state index contributed by atoms with van der Waals surface area (Å²) in [5.74, 6) is 0. The number of nitriles is 2. The molecule has 1 heterocycles. The maximum absolute atomic E-state index is 11.0. The van der Waals surface area contributed by atoms with Crippen molar-refractivity contribution >= 4 is 0 Å². The predicted octanol–water partition coefficient (Wildman–Crippen LogP) is -1.18. The van der Waals surface area contributed by atoms with Gasteiger partial charge in [-0.3, -0.25) is 14.2 Å². The van der Waals surface area contributed by atoms with E-state index in [9.17, 15) is 9.59 Å². The molecule has 0 unspecified atom stereocenters. The van der Waals surface area contributed by atoms with Crippen molar-refractivity contribution in [2.75, 3.05) is 0 Å². The van der Waals surface area contributed by atoms with Gasteiger partial charge in [-0.05, 0) is 0 Å². The lowest BCUT2D eigenvalue weighted by atomic mass is 10.3. The number of hydrogen-bond acceptors (Lipinski definition) is 4. The van der Waals surface area contributed by atoms with Crippen LogP contribution in [0.4, 0.5) is 0 Å². The van der Waals surface area contributed by atoms with E-state index in [2.05, 4.69) is 0 Å². The highest BCUT2D eigenvalue weighted by Gasteiger charge is 2.09. The third kappa shape index (κ3) is 1.21. The van der Waals surface area contributed by atoms with Gasteiger partial charge in [-0.15, -0.1) is 0 Å². The average Bonchev–Trinajstić information content (AvgIpc) is 2.13. The number of rotatable bonds is 0. The molecule has 0 aliphatic carbocycles. The maximum Gasteiger partial charge on any atom is 0.317 e. The molecule has 0 fully saturated rings. The first-order valence-electron chi connectivity index (χ1n) is 3.25. The van der Waals surface area contributed by atoms with E-state index >= 15 is 0 Å². The molecular formula is C7H4N4O2. The molecule has 0 radical (unpaired) electrons. The highest BCUT2D eigenvalue weighted by atomic mass is 16.2. The molecule has 0 saturated heterocycles. The second-order valence-corrected chi connectivity index (χ2v) is 2.27. The number of nitrogens with one attached hydrogen (secondary N) is 1. The fourth-order valence-electron chi connectivity index (χ4n) is 0.860. The standard InChI is InChI=1S/C7H4N4O2/c1-11-5(3-9)4(2-8)10-6(12)7(11)13/h1H3,(H,10,12). The van der Waals surface area contributed by atoms with E-state index in [1.54, 1.807) is 12.1 Å². The fourth-order valence-corrected chi connectivity index (χ4v) is 0.860. The van der Waals surface area contributed by atoms with Gasteiger partial charge in [0.25, 0.3) is 0 Å². The number of aromatic nitrogens is 2. The van der Waals surface area contributed by atoms with Crippen LogP contribution in [0.2, 0.25) is 0 Å². The lowest BCUT2D eigenvalue weighted by Crippen LogP contribution is -2.37. The van der Waals surface area contributed by atoms with E-state index in [0.717, 1.165) is 4.57 Å². The Morgan fingerprint density at radius 2 is 1.92 bits per heavy atom. The molecule has 13 heavy (non-hydrogen) atoms. The zero-order chi connectivity index (χ0) is 10.0. The summed E-state index contributed by atoms with van der Waals surface area (Å²) in [6.07, 6.45) is 0. The van der Waals surface area contributed by atoms with Gasteiger partial charge in [0.05, 0.1) is 0 Å². The van der Waals surface area contributed by atoms with Gasteiger partial charge in [-0.25, -0.2) is 0 Å². The quantitative estimate of drug-likeness (QED) is 0.502. The lowest BCUT2D eigenvalue weighted by Gasteiger charge is -1.99. The van der Waals surface area contributed by atoms with Gasteiger partial charge in [-0.2, -0.15) is 10.5 Å². The second kappa shape index (κ2) is 2.95. The summed E-state index contributed by atoms with van der Waals surface area (Å²) in [6, 6.07) is 3.27. The molecular weight excluding hydrogens is 172 g/mol. The summed E-state index contributed by atoms with van der Waals surface area (Å²) in [5.41, 5.74) is -2.10. The molecule has 1 rings (SSSR count). The Hall–Kier alpha value is -2.34. The summed E-state index contributed by atoms with van der Waals surface area (Å²) in [7, 11) is 1.26. The Bertz CT molecular complexity index is 538. The molecule has 1 aromatic heterocycles. The van der Waals surface area contributed by atoms with Gasteiger partial charge in [-0.1, -0.05) is 0 Å². The first-order chi connectivity index (χ1) is 6.11. The van der Waals surface area contributed by atoms with Crippen molar-refractivity contribution < 1.29 is 0 Å². The van der Waals surface area contributed by atoms with Crippen molar-refractivity contribution in [3.8, 4) is 12.1 Å². The smallest absolute Gasteiger partial charge is 0.307 e. The molecule has 0 atom stereocenters. The summed E-state index contributed by atoms with van der Waals surface area (Å²) in [5, 5.41) is 17.1. The minimum atomic E-state index is -0.905. The van der Waals surface area contributed by atoms with E-state index in [1.165, 1.54) is 7.05 Å². The van der Waals surface area contributed by atoms with Gasteiger partial charge in [0.15, 0.2) is 11.4 Å². The Morgan fingerprint density at radius 1 is 1.31 bits per heavy atom. The summed E-state index contributed by atoms with van der Waals surface area (Å²) in [4.78, 5) is 23.8. The van der Waals surface area contributed by atoms with Gasteiger partial charge >= 0.3 is 11.1 Å². The summed E-state index contributed by atoms with van der Waals surface area (Å²) < 4.78 is 0.845. The second-order valence-electron chi connectivity index (χ2n) is 2.27. The normalized spacial score (nSPS) is 8.85. The largest absolute Gasteiger partial charge is 0.317 e. The fraction of sp³-hybridized carbons (Fsp3) is 0.143. The van der Waals surface area contributed by atoms with E-state index in [0.29, 0.717) is 0 Å². The van der Waals surface area contributed by atoms with E-state index < -0.39 is 11.1 Å². The predicted molar refractivity (Wildman–Crippen MR) is 41.7 cm³/mol. The Kier molecular flexibility index (Phi) is 1.99. The third-order valence-corrected chi connectivity index (χ3v) is 1.53. The maximum atomic E-state index is 11.0. The molecule has 1 aromatic rings. The summed E-state index contributed by atoms with van der Waals surface area (Å²) >= 11 is 0. The van der Waals surface area contributed by atoms with Crippen molar-refractivity contribution in [3.05, 3.63) is 32.1 Å². The van der Waals surface area contributed by atoms with Crippen molar-refractivity contribution in [2.24, 2.45) is 7.05 Å². The van der Waals surface area contributed by atoms with Crippen LogP contribution in [0.3, 0.4) is 0 Å². The number of H-pyrrole nitrogens is 1. The molecule has 0 aliphatic heterocycles. The van der Waals surface area contributed by atoms with Crippen LogP contribution in [0.5, 0.6) is 0 Å². The average molecular weight is 176 g/mol. The van der Waals surface area contributed by atoms with E-state index in [4.69, 9.17) is 10.5 Å². The van der Waals surface area contributed by atoms with Crippen LogP contribution in [-0.2, 0) is 7.05 Å². The van der Waals surface area contributed by atoms with Gasteiger partial charge < -0.3 is 4.98 Å². The third-order valence-electron chi connectivity index (χ3n) is 1.53. The van der Waals surface area contributed by atoms with Crippen LogP contribution in [-0.4, -0.2) is 9.55 Å². The Balaban J connectivity index is 3.85. The van der Waals surface area contributed by atoms with Gasteiger partial charge in [0.1, 0.15) is 12.1 Å². The monoisotopic (exact) mass is 176 g/mol. The SMILES string of the molecule is Cn1c(C#N)c(C#N)[nH]c(=O)c1=O. The van der Waals surface area contributed by atoms with Crippen molar-refractivity contribution in [1.29, 1.82) is 10.5 Å². The minimum absolute atomic E-state index is 0.146. The van der Waals surface area contributed by atoms with Crippen LogP contribution in [0.25, 0.3) is 0 Å². The van der Waals surface area contributed by atoms with Crippen molar-refractivity contribution in [1.82, 2.24) is 9.55 Å². The first-order valence-corrected chi connectivity index (χ1v) is 3.25. The minimum Gasteiger partial charge on any atom is -0.307 e. The molecule has 0 saturated carbocycles.